The van der Waals surface area contributed by atoms with Crippen LogP contribution >= 0.6 is 11.3 Å². The van der Waals surface area contributed by atoms with Gasteiger partial charge in [0.1, 0.15) is 5.69 Å². The first kappa shape index (κ1) is 13.5. The Balaban J connectivity index is 1.73. The quantitative estimate of drug-likeness (QED) is 0.730. The lowest BCUT2D eigenvalue weighted by Crippen LogP contribution is -2.29. The number of aromatic nitrogens is 1. The maximum Gasteiger partial charge on any atom is 0.273 e. The molecular weight excluding hydrogens is 252 g/mol. The van der Waals surface area contributed by atoms with Crippen molar-refractivity contribution in [1.82, 2.24) is 9.88 Å². The van der Waals surface area contributed by atoms with Crippen molar-refractivity contribution in [2.24, 2.45) is 5.92 Å². The minimum absolute atomic E-state index is 0.0376. The van der Waals surface area contributed by atoms with Gasteiger partial charge in [-0.1, -0.05) is 0 Å². The molecule has 0 bridgehead atoms. The predicted octanol–water partition coefficient (Wildman–Crippen LogP) is 1.27. The maximum absolute atomic E-state index is 12.0. The number of hydrogen-bond donors (Lipinski definition) is 0. The SMILES string of the molecule is COCCOCC1CCN(C(=O)c2cscn2)C1. The van der Waals surface area contributed by atoms with E-state index < -0.39 is 0 Å². The minimum Gasteiger partial charge on any atom is -0.382 e. The lowest BCUT2D eigenvalue weighted by Gasteiger charge is -2.15. The third kappa shape index (κ3) is 3.51. The van der Waals surface area contributed by atoms with E-state index >= 15 is 0 Å². The van der Waals surface area contributed by atoms with Crippen molar-refractivity contribution in [3.05, 3.63) is 16.6 Å². The number of carbonyl (C=O) groups is 1. The van der Waals surface area contributed by atoms with Crippen molar-refractivity contribution in [2.75, 3.05) is 40.0 Å². The third-order valence-electron chi connectivity index (χ3n) is 3.01. The second-order valence-electron chi connectivity index (χ2n) is 4.35. The van der Waals surface area contributed by atoms with Crippen molar-refractivity contribution in [2.45, 2.75) is 6.42 Å². The fourth-order valence-corrected chi connectivity index (χ4v) is 2.55. The summed E-state index contributed by atoms with van der Waals surface area (Å²) >= 11 is 1.45. The smallest absolute Gasteiger partial charge is 0.273 e. The van der Waals surface area contributed by atoms with Crippen molar-refractivity contribution in [3.63, 3.8) is 0 Å². The van der Waals surface area contributed by atoms with Crippen LogP contribution in [0, 0.1) is 5.92 Å². The molecule has 2 rings (SSSR count). The third-order valence-corrected chi connectivity index (χ3v) is 3.60. The van der Waals surface area contributed by atoms with Crippen LogP contribution in [0.5, 0.6) is 0 Å². The van der Waals surface area contributed by atoms with E-state index in [1.807, 2.05) is 4.90 Å². The number of carbonyl (C=O) groups excluding carboxylic acids is 1. The molecular formula is C12H18N2O3S. The van der Waals surface area contributed by atoms with Crippen LogP contribution in [-0.2, 0) is 9.47 Å². The zero-order chi connectivity index (χ0) is 12.8. The van der Waals surface area contributed by atoms with Crippen molar-refractivity contribution < 1.29 is 14.3 Å². The molecule has 0 aromatic carbocycles. The standard InChI is InChI=1S/C12H18N2O3S/c1-16-4-5-17-7-10-2-3-14(6-10)12(15)11-8-18-9-13-11/h8-10H,2-7H2,1H3. The number of likely N-dealkylation sites (tertiary alicyclic amines) is 1. The minimum atomic E-state index is 0.0376. The molecule has 6 heteroatoms. The highest BCUT2D eigenvalue weighted by molar-refractivity contribution is 7.07. The van der Waals surface area contributed by atoms with E-state index in [4.69, 9.17) is 9.47 Å². The topological polar surface area (TPSA) is 51.7 Å². The van der Waals surface area contributed by atoms with Gasteiger partial charge in [-0.2, -0.15) is 0 Å². The summed E-state index contributed by atoms with van der Waals surface area (Å²) in [4.78, 5) is 18.0. The summed E-state index contributed by atoms with van der Waals surface area (Å²) in [5, 5.41) is 1.80. The number of ether oxygens (including phenoxy) is 2. The average Bonchev–Trinajstić information content (AvgIpc) is 3.05. The summed E-state index contributed by atoms with van der Waals surface area (Å²) in [7, 11) is 1.66. The van der Waals surface area contributed by atoms with Crippen LogP contribution < -0.4 is 0 Å². The fourth-order valence-electron chi connectivity index (χ4n) is 2.03. The van der Waals surface area contributed by atoms with E-state index in [0.717, 1.165) is 19.5 Å². The van der Waals surface area contributed by atoms with Crippen LogP contribution in [0.25, 0.3) is 0 Å². The molecule has 0 saturated carbocycles. The van der Waals surface area contributed by atoms with Gasteiger partial charge in [-0.05, 0) is 6.42 Å². The molecule has 1 amide bonds. The first-order chi connectivity index (χ1) is 8.81. The van der Waals surface area contributed by atoms with Crippen molar-refractivity contribution in [1.29, 1.82) is 0 Å². The van der Waals surface area contributed by atoms with Gasteiger partial charge in [0, 0.05) is 31.5 Å². The summed E-state index contributed by atoms with van der Waals surface area (Å²) < 4.78 is 10.4. The Kier molecular flexibility index (Phi) is 5.10. The molecule has 0 N–H and O–H groups in total. The Morgan fingerprint density at radius 3 is 3.22 bits per heavy atom. The molecule has 1 saturated heterocycles. The highest BCUT2D eigenvalue weighted by atomic mass is 32.1. The molecule has 1 aliphatic heterocycles. The molecule has 100 valence electrons. The molecule has 0 radical (unpaired) electrons. The largest absolute Gasteiger partial charge is 0.382 e. The molecule has 1 unspecified atom stereocenters. The van der Waals surface area contributed by atoms with Gasteiger partial charge >= 0.3 is 0 Å². The van der Waals surface area contributed by atoms with Crippen molar-refractivity contribution in [3.8, 4) is 0 Å². The lowest BCUT2D eigenvalue weighted by atomic mass is 10.1. The second-order valence-corrected chi connectivity index (χ2v) is 5.07. The Morgan fingerprint density at radius 2 is 2.50 bits per heavy atom. The maximum atomic E-state index is 12.0. The fraction of sp³-hybridized carbons (Fsp3) is 0.667. The Hall–Kier alpha value is -0.980. The van der Waals surface area contributed by atoms with Crippen LogP contribution in [0.2, 0.25) is 0 Å². The number of thiazole rings is 1. The van der Waals surface area contributed by atoms with Gasteiger partial charge in [-0.25, -0.2) is 4.98 Å². The number of amides is 1. The van der Waals surface area contributed by atoms with Crippen LogP contribution in [0.1, 0.15) is 16.9 Å². The van der Waals surface area contributed by atoms with E-state index in [2.05, 4.69) is 4.98 Å². The Bertz CT molecular complexity index is 369. The Morgan fingerprint density at radius 1 is 1.61 bits per heavy atom. The lowest BCUT2D eigenvalue weighted by molar-refractivity contribution is 0.0515. The zero-order valence-corrected chi connectivity index (χ0v) is 11.3. The van der Waals surface area contributed by atoms with Gasteiger partial charge < -0.3 is 14.4 Å². The Labute approximate surface area is 111 Å². The van der Waals surface area contributed by atoms with E-state index in [1.165, 1.54) is 11.3 Å². The van der Waals surface area contributed by atoms with E-state index in [-0.39, 0.29) is 5.91 Å². The molecule has 1 atom stereocenters. The van der Waals surface area contributed by atoms with Crippen LogP contribution in [0.3, 0.4) is 0 Å². The molecule has 0 spiro atoms. The van der Waals surface area contributed by atoms with Crippen LogP contribution in [0.4, 0.5) is 0 Å². The van der Waals surface area contributed by atoms with Gasteiger partial charge in [0.05, 0.1) is 25.3 Å². The normalized spacial score (nSPS) is 19.4. The number of hydrogen-bond acceptors (Lipinski definition) is 5. The molecule has 1 aromatic heterocycles. The highest BCUT2D eigenvalue weighted by Gasteiger charge is 2.27. The first-order valence-electron chi connectivity index (χ1n) is 6.05. The zero-order valence-electron chi connectivity index (χ0n) is 10.5. The van der Waals surface area contributed by atoms with Crippen LogP contribution in [0.15, 0.2) is 10.9 Å². The van der Waals surface area contributed by atoms with Gasteiger partial charge in [-0.15, -0.1) is 11.3 Å². The average molecular weight is 270 g/mol. The summed E-state index contributed by atoms with van der Waals surface area (Å²) in [5.41, 5.74) is 2.25. The van der Waals surface area contributed by atoms with Gasteiger partial charge in [0.25, 0.3) is 5.91 Å². The van der Waals surface area contributed by atoms with E-state index in [0.29, 0.717) is 31.4 Å². The van der Waals surface area contributed by atoms with E-state index in [1.54, 1.807) is 18.0 Å². The molecule has 18 heavy (non-hydrogen) atoms. The van der Waals surface area contributed by atoms with Crippen molar-refractivity contribution >= 4 is 17.2 Å². The number of rotatable bonds is 6. The first-order valence-corrected chi connectivity index (χ1v) is 6.99. The van der Waals surface area contributed by atoms with E-state index in [9.17, 15) is 4.79 Å². The monoisotopic (exact) mass is 270 g/mol. The molecule has 1 aliphatic rings. The molecule has 0 aliphatic carbocycles. The second kappa shape index (κ2) is 6.82. The van der Waals surface area contributed by atoms with Gasteiger partial charge in [-0.3, -0.25) is 4.79 Å². The summed E-state index contributed by atoms with van der Waals surface area (Å²) in [6.07, 6.45) is 1.00. The molecule has 2 heterocycles. The summed E-state index contributed by atoms with van der Waals surface area (Å²) in [5.74, 6) is 0.472. The van der Waals surface area contributed by atoms with Gasteiger partial charge in [0.2, 0.25) is 0 Å². The molecule has 5 nitrogen and oxygen atoms in total. The summed E-state index contributed by atoms with van der Waals surface area (Å²) in [6, 6.07) is 0. The highest BCUT2D eigenvalue weighted by Crippen LogP contribution is 2.19. The summed E-state index contributed by atoms with van der Waals surface area (Å²) in [6.45, 7) is 3.50. The van der Waals surface area contributed by atoms with Crippen LogP contribution in [-0.4, -0.2) is 55.8 Å². The molecule has 1 fully saturated rings. The number of nitrogens with zero attached hydrogens (tertiary/aromatic N) is 2. The van der Waals surface area contributed by atoms with Gasteiger partial charge in [0.15, 0.2) is 0 Å². The molecule has 1 aromatic rings. The predicted molar refractivity (Wildman–Crippen MR) is 68.8 cm³/mol. The number of methoxy groups -OCH3 is 1.